The summed E-state index contributed by atoms with van der Waals surface area (Å²) in [5, 5.41) is 11.8. The standard InChI is InChI=1S/C21H24N4O3/c1-15(20(26)27)12-24(2)21(28)22-11-16-6-5-7-17(10-16)13-25-14-23-18-8-3-4-9-19(18)25/h3-10,14-15H,11-13H2,1-2H3,(H,22,28)(H,26,27). The van der Waals surface area contributed by atoms with E-state index in [1.54, 1.807) is 14.0 Å². The van der Waals surface area contributed by atoms with E-state index < -0.39 is 11.9 Å². The van der Waals surface area contributed by atoms with Gasteiger partial charge in [0, 0.05) is 26.7 Å². The number of carbonyl (C=O) groups is 2. The second-order valence-electron chi connectivity index (χ2n) is 6.96. The first-order valence-electron chi connectivity index (χ1n) is 9.13. The first kappa shape index (κ1) is 19.4. The average molecular weight is 380 g/mol. The minimum Gasteiger partial charge on any atom is -0.481 e. The number of carboxylic acid groups (broad SMARTS) is 1. The van der Waals surface area contributed by atoms with E-state index in [4.69, 9.17) is 5.11 Å². The Bertz CT molecular complexity index is 982. The lowest BCUT2D eigenvalue weighted by atomic mass is 10.1. The van der Waals surface area contributed by atoms with Gasteiger partial charge in [0.15, 0.2) is 0 Å². The Balaban J connectivity index is 1.60. The predicted molar refractivity (Wildman–Crippen MR) is 107 cm³/mol. The van der Waals surface area contributed by atoms with Crippen LogP contribution in [0.2, 0.25) is 0 Å². The molecule has 1 heterocycles. The van der Waals surface area contributed by atoms with Crippen LogP contribution in [-0.4, -0.2) is 45.2 Å². The van der Waals surface area contributed by atoms with Crippen molar-refractivity contribution in [3.63, 3.8) is 0 Å². The zero-order valence-electron chi connectivity index (χ0n) is 16.0. The number of fused-ring (bicyclic) bond motifs is 1. The maximum atomic E-state index is 12.2. The van der Waals surface area contributed by atoms with Gasteiger partial charge in [-0.1, -0.05) is 43.3 Å². The third kappa shape index (κ3) is 4.68. The Labute approximate surface area is 163 Å². The quantitative estimate of drug-likeness (QED) is 0.660. The van der Waals surface area contributed by atoms with Crippen LogP contribution in [0.25, 0.3) is 11.0 Å². The number of nitrogens with zero attached hydrogens (tertiary/aromatic N) is 3. The number of nitrogens with one attached hydrogen (secondary N) is 1. The van der Waals surface area contributed by atoms with Crippen molar-refractivity contribution >= 4 is 23.0 Å². The van der Waals surface area contributed by atoms with E-state index >= 15 is 0 Å². The number of rotatable bonds is 7. The largest absolute Gasteiger partial charge is 0.481 e. The van der Waals surface area contributed by atoms with Crippen LogP contribution in [0.15, 0.2) is 54.9 Å². The second kappa shape index (κ2) is 8.56. The topological polar surface area (TPSA) is 87.5 Å². The summed E-state index contributed by atoms with van der Waals surface area (Å²) in [6.07, 6.45) is 1.83. The summed E-state index contributed by atoms with van der Waals surface area (Å²) in [5.41, 5.74) is 4.14. The highest BCUT2D eigenvalue weighted by atomic mass is 16.4. The summed E-state index contributed by atoms with van der Waals surface area (Å²) in [5.74, 6) is -1.52. The van der Waals surface area contributed by atoms with E-state index in [9.17, 15) is 9.59 Å². The van der Waals surface area contributed by atoms with Gasteiger partial charge in [-0.2, -0.15) is 0 Å². The molecule has 146 valence electrons. The van der Waals surface area contributed by atoms with Gasteiger partial charge in [0.2, 0.25) is 0 Å². The molecule has 0 aliphatic heterocycles. The van der Waals surface area contributed by atoms with Crippen molar-refractivity contribution in [3.8, 4) is 0 Å². The summed E-state index contributed by atoms with van der Waals surface area (Å²) in [7, 11) is 1.59. The van der Waals surface area contributed by atoms with Crippen LogP contribution >= 0.6 is 0 Å². The number of para-hydroxylation sites is 2. The number of carbonyl (C=O) groups excluding carboxylic acids is 1. The molecule has 7 nitrogen and oxygen atoms in total. The van der Waals surface area contributed by atoms with Crippen molar-refractivity contribution in [2.75, 3.05) is 13.6 Å². The van der Waals surface area contributed by atoms with Crippen LogP contribution in [0.4, 0.5) is 4.79 Å². The van der Waals surface area contributed by atoms with E-state index in [-0.39, 0.29) is 12.6 Å². The van der Waals surface area contributed by atoms with Crippen molar-refractivity contribution in [1.82, 2.24) is 19.8 Å². The van der Waals surface area contributed by atoms with Gasteiger partial charge in [-0.05, 0) is 23.3 Å². The number of imidazole rings is 1. The van der Waals surface area contributed by atoms with Gasteiger partial charge in [-0.25, -0.2) is 9.78 Å². The maximum absolute atomic E-state index is 12.2. The van der Waals surface area contributed by atoms with Crippen LogP contribution in [0.1, 0.15) is 18.1 Å². The number of urea groups is 1. The van der Waals surface area contributed by atoms with Gasteiger partial charge in [-0.15, -0.1) is 0 Å². The number of carboxylic acids is 1. The summed E-state index contributed by atoms with van der Waals surface area (Å²) >= 11 is 0. The van der Waals surface area contributed by atoms with Crippen molar-refractivity contribution in [1.29, 1.82) is 0 Å². The molecule has 0 aliphatic rings. The molecule has 3 aromatic rings. The molecule has 2 N–H and O–H groups in total. The van der Waals surface area contributed by atoms with Crippen LogP contribution in [-0.2, 0) is 17.9 Å². The molecule has 0 spiro atoms. The Morgan fingerprint density at radius 1 is 1.18 bits per heavy atom. The van der Waals surface area contributed by atoms with Gasteiger partial charge in [0.1, 0.15) is 0 Å². The first-order valence-corrected chi connectivity index (χ1v) is 9.13. The smallest absolute Gasteiger partial charge is 0.317 e. The molecule has 0 aliphatic carbocycles. The average Bonchev–Trinajstić information content (AvgIpc) is 3.09. The Kier molecular flexibility index (Phi) is 5.93. The zero-order chi connectivity index (χ0) is 20.1. The third-order valence-corrected chi connectivity index (χ3v) is 4.63. The molecule has 2 aromatic carbocycles. The van der Waals surface area contributed by atoms with Gasteiger partial charge in [0.25, 0.3) is 0 Å². The van der Waals surface area contributed by atoms with Gasteiger partial charge in [-0.3, -0.25) is 4.79 Å². The van der Waals surface area contributed by atoms with Crippen molar-refractivity contribution in [2.24, 2.45) is 5.92 Å². The van der Waals surface area contributed by atoms with E-state index in [1.807, 2.05) is 48.8 Å². The van der Waals surface area contributed by atoms with Crippen LogP contribution in [0, 0.1) is 5.92 Å². The van der Waals surface area contributed by atoms with E-state index in [0.717, 1.165) is 22.2 Å². The summed E-state index contributed by atoms with van der Waals surface area (Å²) < 4.78 is 2.09. The lowest BCUT2D eigenvalue weighted by Gasteiger charge is -2.20. The lowest BCUT2D eigenvalue weighted by molar-refractivity contribution is -0.141. The fourth-order valence-electron chi connectivity index (χ4n) is 3.06. The minimum atomic E-state index is -0.917. The second-order valence-corrected chi connectivity index (χ2v) is 6.96. The first-order chi connectivity index (χ1) is 13.4. The Hall–Kier alpha value is -3.35. The zero-order valence-corrected chi connectivity index (χ0v) is 16.0. The SMILES string of the molecule is CC(CN(C)C(=O)NCc1cccc(Cn2cnc3ccccc32)c1)C(=O)O. The maximum Gasteiger partial charge on any atom is 0.317 e. The Morgan fingerprint density at radius 2 is 1.93 bits per heavy atom. The number of hydrogen-bond donors (Lipinski definition) is 2. The van der Waals surface area contributed by atoms with Gasteiger partial charge < -0.3 is 19.9 Å². The van der Waals surface area contributed by atoms with Crippen LogP contribution in [0.5, 0.6) is 0 Å². The fourth-order valence-corrected chi connectivity index (χ4v) is 3.06. The van der Waals surface area contributed by atoms with Crippen LogP contribution in [0.3, 0.4) is 0 Å². The van der Waals surface area contributed by atoms with Gasteiger partial charge in [0.05, 0.1) is 23.3 Å². The molecular formula is C21H24N4O3. The molecule has 2 amide bonds. The van der Waals surface area contributed by atoms with Crippen LogP contribution < -0.4 is 5.32 Å². The van der Waals surface area contributed by atoms with Crippen molar-refractivity contribution in [3.05, 3.63) is 66.0 Å². The fraction of sp³-hybridized carbons (Fsp3) is 0.286. The summed E-state index contributed by atoms with van der Waals surface area (Å²) in [6, 6.07) is 15.7. The Morgan fingerprint density at radius 3 is 2.71 bits per heavy atom. The minimum absolute atomic E-state index is 0.162. The number of amides is 2. The van der Waals surface area contributed by atoms with E-state index in [2.05, 4.69) is 20.9 Å². The third-order valence-electron chi connectivity index (χ3n) is 4.63. The summed E-state index contributed by atoms with van der Waals surface area (Å²) in [4.78, 5) is 28.9. The molecule has 28 heavy (non-hydrogen) atoms. The monoisotopic (exact) mass is 380 g/mol. The number of aliphatic carboxylic acids is 1. The van der Waals surface area contributed by atoms with Gasteiger partial charge >= 0.3 is 12.0 Å². The number of hydrogen-bond acceptors (Lipinski definition) is 3. The highest BCUT2D eigenvalue weighted by molar-refractivity contribution is 5.76. The molecule has 0 bridgehead atoms. The molecule has 0 fully saturated rings. The highest BCUT2D eigenvalue weighted by Gasteiger charge is 2.17. The molecule has 1 unspecified atom stereocenters. The van der Waals surface area contributed by atoms with E-state index in [1.165, 1.54) is 4.90 Å². The molecule has 1 aromatic heterocycles. The molecule has 3 rings (SSSR count). The molecule has 0 radical (unpaired) electrons. The predicted octanol–water partition coefficient (Wildman–Crippen LogP) is 2.95. The number of benzene rings is 2. The highest BCUT2D eigenvalue weighted by Crippen LogP contribution is 2.15. The molecular weight excluding hydrogens is 356 g/mol. The molecule has 7 heteroatoms. The van der Waals surface area contributed by atoms with Crippen molar-refractivity contribution in [2.45, 2.75) is 20.0 Å². The summed E-state index contributed by atoms with van der Waals surface area (Å²) in [6.45, 7) is 2.81. The lowest BCUT2D eigenvalue weighted by Crippen LogP contribution is -2.40. The normalized spacial score (nSPS) is 11.9. The number of aromatic nitrogens is 2. The molecule has 0 saturated heterocycles. The van der Waals surface area contributed by atoms with E-state index in [0.29, 0.717) is 13.1 Å². The molecule has 1 atom stereocenters. The molecule has 0 saturated carbocycles. The van der Waals surface area contributed by atoms with Crippen molar-refractivity contribution < 1.29 is 14.7 Å².